The van der Waals surface area contributed by atoms with Crippen LogP contribution in [0.4, 0.5) is 11.4 Å². The third kappa shape index (κ3) is 3.20. The van der Waals surface area contributed by atoms with Gasteiger partial charge in [0.05, 0.1) is 16.4 Å². The van der Waals surface area contributed by atoms with Crippen molar-refractivity contribution in [3.05, 3.63) is 39.6 Å². The van der Waals surface area contributed by atoms with E-state index in [-0.39, 0.29) is 0 Å². The summed E-state index contributed by atoms with van der Waals surface area (Å²) in [6, 6.07) is 5.01. The average Bonchev–Trinajstić information content (AvgIpc) is 2.67. The Kier molecular flexibility index (Phi) is 4.80. The molecule has 0 saturated carbocycles. The summed E-state index contributed by atoms with van der Waals surface area (Å²) >= 11 is 21.0. The number of halogens is 2. The van der Waals surface area contributed by atoms with Gasteiger partial charge in [-0.1, -0.05) is 35.4 Å². The van der Waals surface area contributed by atoms with Gasteiger partial charge in [-0.2, -0.15) is 5.10 Å². The summed E-state index contributed by atoms with van der Waals surface area (Å²) in [4.78, 5) is 0. The van der Waals surface area contributed by atoms with E-state index in [0.29, 0.717) is 31.4 Å². The first-order chi connectivity index (χ1) is 9.40. The van der Waals surface area contributed by atoms with Crippen LogP contribution in [-0.2, 0) is 0 Å². The van der Waals surface area contributed by atoms with Gasteiger partial charge in [-0.05, 0) is 32.0 Å². The van der Waals surface area contributed by atoms with Crippen LogP contribution >= 0.6 is 48.0 Å². The van der Waals surface area contributed by atoms with Crippen molar-refractivity contribution in [2.24, 2.45) is 10.2 Å². The molecule has 0 unspecified atom stereocenters. The first-order valence-corrected chi connectivity index (χ1v) is 7.17. The molecule has 0 aliphatic heterocycles. The number of aromatic nitrogens is 2. The van der Waals surface area contributed by atoms with E-state index < -0.39 is 0 Å². The number of hydrogen-bond acceptors (Lipinski definition) is 4. The Bertz CT molecular complexity index is 710. The third-order valence-electron chi connectivity index (χ3n) is 2.60. The number of azo groups is 1. The number of benzene rings is 1. The minimum atomic E-state index is 0.354. The van der Waals surface area contributed by atoms with E-state index in [2.05, 4.69) is 28.0 Å². The second-order valence-corrected chi connectivity index (χ2v) is 5.97. The fourth-order valence-corrected chi connectivity index (χ4v) is 2.33. The molecular weight excluding hydrogens is 335 g/mol. The average molecular weight is 345 g/mol. The first-order valence-electron chi connectivity index (χ1n) is 5.56. The van der Waals surface area contributed by atoms with E-state index in [1.807, 2.05) is 13.8 Å². The molecule has 0 saturated heterocycles. The summed E-state index contributed by atoms with van der Waals surface area (Å²) < 4.78 is 1.88. The number of hydrogen-bond donors (Lipinski definition) is 1. The molecular formula is C12H10Cl2N4S2. The number of nitrogens with zero attached hydrogens (tertiary/aromatic N) is 4. The van der Waals surface area contributed by atoms with Crippen LogP contribution in [0.5, 0.6) is 0 Å². The molecule has 104 valence electrons. The Balaban J connectivity index is 2.42. The van der Waals surface area contributed by atoms with Gasteiger partial charge in [0.15, 0.2) is 4.32 Å². The zero-order valence-corrected chi connectivity index (χ0v) is 13.9. The first kappa shape index (κ1) is 15.4. The van der Waals surface area contributed by atoms with Crippen LogP contribution in [0.15, 0.2) is 28.4 Å². The maximum Gasteiger partial charge on any atom is 0.158 e. The fourth-order valence-electron chi connectivity index (χ4n) is 1.63. The van der Waals surface area contributed by atoms with Gasteiger partial charge >= 0.3 is 0 Å². The van der Waals surface area contributed by atoms with Crippen molar-refractivity contribution in [1.29, 1.82) is 0 Å². The van der Waals surface area contributed by atoms with Crippen LogP contribution in [0, 0.1) is 13.8 Å². The van der Waals surface area contributed by atoms with Crippen molar-refractivity contribution in [3.63, 3.8) is 0 Å². The normalized spacial score (nSPS) is 11.2. The highest BCUT2D eigenvalue weighted by Gasteiger charge is 2.12. The minimum absolute atomic E-state index is 0.354. The topological polar surface area (TPSA) is 42.5 Å². The summed E-state index contributed by atoms with van der Waals surface area (Å²) in [5.41, 5.74) is 2.61. The summed E-state index contributed by atoms with van der Waals surface area (Å²) in [6.07, 6.45) is 0. The molecule has 0 spiro atoms. The second kappa shape index (κ2) is 6.22. The highest BCUT2D eigenvalue weighted by atomic mass is 35.5. The summed E-state index contributed by atoms with van der Waals surface area (Å²) in [5.74, 6) is 0. The van der Waals surface area contributed by atoms with Crippen LogP contribution in [0.2, 0.25) is 10.0 Å². The fraction of sp³-hybridized carbons (Fsp3) is 0.167. The molecule has 2 aromatic rings. The van der Waals surface area contributed by atoms with Gasteiger partial charge in [0, 0.05) is 5.02 Å². The lowest BCUT2D eigenvalue weighted by Gasteiger charge is -1.99. The lowest BCUT2D eigenvalue weighted by molar-refractivity contribution is 0.906. The van der Waals surface area contributed by atoms with Crippen LogP contribution in [-0.4, -0.2) is 14.1 Å². The SMILES string of the molecule is Cc1nn(C(=S)S)c(C)c1N=Nc1cc(Cl)ccc1Cl. The van der Waals surface area contributed by atoms with Crippen molar-refractivity contribution in [2.75, 3.05) is 0 Å². The van der Waals surface area contributed by atoms with Gasteiger partial charge in [-0.3, -0.25) is 0 Å². The highest BCUT2D eigenvalue weighted by Crippen LogP contribution is 2.31. The monoisotopic (exact) mass is 344 g/mol. The maximum absolute atomic E-state index is 6.03. The lowest BCUT2D eigenvalue weighted by atomic mass is 10.3. The van der Waals surface area contributed by atoms with Crippen molar-refractivity contribution in [2.45, 2.75) is 13.8 Å². The van der Waals surface area contributed by atoms with Gasteiger partial charge in [-0.25, -0.2) is 4.68 Å². The smallest absolute Gasteiger partial charge is 0.158 e. The standard InChI is InChI=1S/C12H10Cl2N4S2/c1-6-11(7(2)18(17-6)12(19)20)16-15-10-5-8(13)3-4-9(10)14/h3-5H,1-2H3,(H,19,20). The summed E-state index contributed by atoms with van der Waals surface area (Å²) in [5, 5.41) is 13.6. The molecule has 0 aliphatic carbocycles. The van der Waals surface area contributed by atoms with Crippen molar-refractivity contribution in [1.82, 2.24) is 9.78 Å². The molecule has 0 N–H and O–H groups in total. The van der Waals surface area contributed by atoms with Crippen LogP contribution in [0.25, 0.3) is 0 Å². The van der Waals surface area contributed by atoms with Gasteiger partial charge in [0.25, 0.3) is 0 Å². The van der Waals surface area contributed by atoms with Gasteiger partial charge in [0.2, 0.25) is 0 Å². The predicted molar refractivity (Wildman–Crippen MR) is 89.3 cm³/mol. The minimum Gasteiger partial charge on any atom is -0.218 e. The van der Waals surface area contributed by atoms with Gasteiger partial charge < -0.3 is 0 Å². The Hall–Kier alpha value is -0.950. The van der Waals surface area contributed by atoms with Crippen LogP contribution in [0.3, 0.4) is 0 Å². The zero-order chi connectivity index (χ0) is 14.9. The third-order valence-corrected chi connectivity index (χ3v) is 3.52. The molecule has 1 heterocycles. The number of thiol groups is 1. The molecule has 1 aromatic carbocycles. The number of thiocarbonyl (C=S) groups is 1. The van der Waals surface area contributed by atoms with E-state index >= 15 is 0 Å². The molecule has 20 heavy (non-hydrogen) atoms. The Labute approximate surface area is 137 Å². The van der Waals surface area contributed by atoms with Gasteiger partial charge in [0.1, 0.15) is 11.4 Å². The number of rotatable bonds is 2. The number of aryl methyl sites for hydroxylation is 1. The van der Waals surface area contributed by atoms with Crippen molar-refractivity contribution < 1.29 is 0 Å². The summed E-state index contributed by atoms with van der Waals surface area (Å²) in [6.45, 7) is 3.67. The van der Waals surface area contributed by atoms with E-state index in [0.717, 1.165) is 5.69 Å². The second-order valence-electron chi connectivity index (χ2n) is 4.01. The van der Waals surface area contributed by atoms with E-state index in [4.69, 9.17) is 35.4 Å². The Morgan fingerprint density at radius 3 is 2.60 bits per heavy atom. The molecule has 4 nitrogen and oxygen atoms in total. The lowest BCUT2D eigenvalue weighted by Crippen LogP contribution is -2.05. The largest absolute Gasteiger partial charge is 0.218 e. The quantitative estimate of drug-likeness (QED) is 0.457. The molecule has 0 bridgehead atoms. The molecule has 0 amide bonds. The highest BCUT2D eigenvalue weighted by molar-refractivity contribution is 8.11. The maximum atomic E-state index is 6.03. The predicted octanol–water partition coefficient (Wildman–Crippen LogP) is 5.28. The summed E-state index contributed by atoms with van der Waals surface area (Å²) in [7, 11) is 0. The molecule has 8 heteroatoms. The van der Waals surface area contributed by atoms with E-state index in [1.165, 1.54) is 4.68 Å². The molecule has 0 atom stereocenters. The van der Waals surface area contributed by atoms with E-state index in [9.17, 15) is 0 Å². The van der Waals surface area contributed by atoms with Crippen molar-refractivity contribution >= 4 is 63.7 Å². The zero-order valence-electron chi connectivity index (χ0n) is 10.6. The Morgan fingerprint density at radius 2 is 2.00 bits per heavy atom. The van der Waals surface area contributed by atoms with Crippen LogP contribution < -0.4 is 0 Å². The Morgan fingerprint density at radius 1 is 1.30 bits per heavy atom. The molecule has 0 radical (unpaired) electrons. The van der Waals surface area contributed by atoms with Crippen LogP contribution in [0.1, 0.15) is 11.4 Å². The molecule has 1 aromatic heterocycles. The van der Waals surface area contributed by atoms with Crippen molar-refractivity contribution in [3.8, 4) is 0 Å². The van der Waals surface area contributed by atoms with E-state index in [1.54, 1.807) is 18.2 Å². The molecule has 0 fully saturated rings. The molecule has 2 rings (SSSR count). The van der Waals surface area contributed by atoms with Gasteiger partial charge in [-0.15, -0.1) is 22.9 Å². The molecule has 0 aliphatic rings.